The van der Waals surface area contributed by atoms with E-state index in [0.29, 0.717) is 0 Å². The minimum absolute atomic E-state index is 0.0141. The van der Waals surface area contributed by atoms with E-state index in [1.54, 1.807) is 12.1 Å². The maximum Gasteiger partial charge on any atom is 0.303 e. The van der Waals surface area contributed by atoms with Crippen molar-refractivity contribution in [2.24, 2.45) is 0 Å². The summed E-state index contributed by atoms with van der Waals surface area (Å²) in [6, 6.07) is 5.99. The summed E-state index contributed by atoms with van der Waals surface area (Å²) < 4.78 is 25.7. The predicted octanol–water partition coefficient (Wildman–Crippen LogP) is 0.788. The summed E-state index contributed by atoms with van der Waals surface area (Å²) in [5.41, 5.74) is 0.169. The molecule has 0 unspecified atom stereocenters. The quantitative estimate of drug-likeness (QED) is 0.689. The van der Waals surface area contributed by atoms with Gasteiger partial charge in [0, 0.05) is 12.8 Å². The van der Waals surface area contributed by atoms with Crippen molar-refractivity contribution in [2.45, 2.75) is 24.2 Å². The van der Waals surface area contributed by atoms with E-state index in [9.17, 15) is 18.0 Å². The van der Waals surface area contributed by atoms with Crippen molar-refractivity contribution in [3.05, 3.63) is 24.3 Å². The summed E-state index contributed by atoms with van der Waals surface area (Å²) in [4.78, 5) is 22.0. The fourth-order valence-electron chi connectivity index (χ4n) is 1.53. The fraction of sp³-hybridized carbons (Fsp3) is 0.333. The highest BCUT2D eigenvalue weighted by Gasteiger charge is 2.17. The number of amides is 1. The van der Waals surface area contributed by atoms with Gasteiger partial charge in [0.25, 0.3) is 0 Å². The molecule has 1 amide bonds. The van der Waals surface area contributed by atoms with Crippen LogP contribution in [0.1, 0.15) is 19.3 Å². The molecule has 0 spiro atoms. The fourth-order valence-corrected chi connectivity index (χ4v) is 2.41. The normalized spacial score (nSPS) is 11.1. The molecular formula is C12H16N2O5S. The second kappa shape index (κ2) is 7.01. The highest BCUT2D eigenvalue weighted by molar-refractivity contribution is 7.89. The van der Waals surface area contributed by atoms with Crippen molar-refractivity contribution in [1.29, 1.82) is 0 Å². The van der Waals surface area contributed by atoms with Gasteiger partial charge in [-0.2, -0.15) is 0 Å². The molecule has 1 rings (SSSR count). The summed E-state index contributed by atoms with van der Waals surface area (Å²) in [5, 5.41) is 11.0. The number of rotatable bonds is 7. The molecule has 7 nitrogen and oxygen atoms in total. The van der Waals surface area contributed by atoms with Crippen molar-refractivity contribution in [2.75, 3.05) is 12.4 Å². The molecule has 0 heterocycles. The van der Waals surface area contributed by atoms with Crippen LogP contribution in [0.2, 0.25) is 0 Å². The van der Waals surface area contributed by atoms with Gasteiger partial charge in [-0.25, -0.2) is 13.1 Å². The maximum absolute atomic E-state index is 11.8. The molecular weight excluding hydrogens is 284 g/mol. The topological polar surface area (TPSA) is 113 Å². The monoisotopic (exact) mass is 300 g/mol. The van der Waals surface area contributed by atoms with Crippen molar-refractivity contribution in [3.63, 3.8) is 0 Å². The van der Waals surface area contributed by atoms with Crippen molar-refractivity contribution in [3.8, 4) is 0 Å². The number of sulfonamides is 1. The largest absolute Gasteiger partial charge is 0.481 e. The second-order valence-corrected chi connectivity index (χ2v) is 5.85. The number of carbonyl (C=O) groups excluding carboxylic acids is 1. The molecule has 0 atom stereocenters. The number of para-hydroxylation sites is 1. The Kier molecular flexibility index (Phi) is 5.66. The Morgan fingerprint density at radius 2 is 1.85 bits per heavy atom. The molecule has 0 aliphatic heterocycles. The number of carbonyl (C=O) groups is 2. The number of anilines is 1. The molecule has 0 aliphatic rings. The lowest BCUT2D eigenvalue weighted by atomic mass is 10.2. The number of aliphatic carboxylic acids is 1. The Morgan fingerprint density at radius 3 is 2.45 bits per heavy atom. The maximum atomic E-state index is 11.8. The number of hydrogen-bond donors (Lipinski definition) is 3. The standard InChI is InChI=1S/C12H16N2O5S/c1-13-20(18,19)10-6-3-2-5-9(10)14-11(15)7-4-8-12(16)17/h2-3,5-6,13H,4,7-8H2,1H3,(H,14,15)(H,16,17). The Labute approximate surface area is 117 Å². The van der Waals surface area contributed by atoms with Gasteiger partial charge in [-0.3, -0.25) is 9.59 Å². The SMILES string of the molecule is CNS(=O)(=O)c1ccccc1NC(=O)CCCC(=O)O. The van der Waals surface area contributed by atoms with Gasteiger partial charge in [0.2, 0.25) is 15.9 Å². The summed E-state index contributed by atoms with van der Waals surface area (Å²) >= 11 is 0. The van der Waals surface area contributed by atoms with E-state index in [4.69, 9.17) is 5.11 Å². The van der Waals surface area contributed by atoms with Gasteiger partial charge < -0.3 is 10.4 Å². The molecule has 0 fully saturated rings. The molecule has 0 saturated heterocycles. The van der Waals surface area contributed by atoms with Crippen LogP contribution < -0.4 is 10.0 Å². The van der Waals surface area contributed by atoms with E-state index in [0.717, 1.165) is 0 Å². The van der Waals surface area contributed by atoms with E-state index >= 15 is 0 Å². The van der Waals surface area contributed by atoms with Crippen LogP contribution in [0.4, 0.5) is 5.69 Å². The zero-order chi connectivity index (χ0) is 15.2. The smallest absolute Gasteiger partial charge is 0.303 e. The van der Waals surface area contributed by atoms with Gasteiger partial charge in [0.15, 0.2) is 0 Å². The van der Waals surface area contributed by atoms with E-state index in [1.807, 2.05) is 0 Å². The first kappa shape index (κ1) is 16.1. The molecule has 1 aromatic carbocycles. The number of benzene rings is 1. The summed E-state index contributed by atoms with van der Waals surface area (Å²) in [5.74, 6) is -1.40. The van der Waals surface area contributed by atoms with Crippen LogP contribution in [0.15, 0.2) is 29.2 Å². The Morgan fingerprint density at radius 1 is 1.20 bits per heavy atom. The van der Waals surface area contributed by atoms with E-state index < -0.39 is 21.9 Å². The van der Waals surface area contributed by atoms with Crippen molar-refractivity contribution in [1.82, 2.24) is 4.72 Å². The molecule has 3 N–H and O–H groups in total. The minimum Gasteiger partial charge on any atom is -0.481 e. The number of hydrogen-bond acceptors (Lipinski definition) is 4. The molecule has 0 bridgehead atoms. The number of carboxylic acids is 1. The van der Waals surface area contributed by atoms with Crippen LogP contribution in [0.3, 0.4) is 0 Å². The van der Waals surface area contributed by atoms with Gasteiger partial charge in [-0.1, -0.05) is 12.1 Å². The molecule has 110 valence electrons. The van der Waals surface area contributed by atoms with Gasteiger partial charge >= 0.3 is 5.97 Å². The minimum atomic E-state index is -3.67. The molecule has 0 radical (unpaired) electrons. The van der Waals surface area contributed by atoms with Crippen LogP contribution in [0.5, 0.6) is 0 Å². The predicted molar refractivity (Wildman–Crippen MR) is 72.8 cm³/mol. The zero-order valence-corrected chi connectivity index (χ0v) is 11.7. The molecule has 20 heavy (non-hydrogen) atoms. The highest BCUT2D eigenvalue weighted by Crippen LogP contribution is 2.20. The third-order valence-corrected chi connectivity index (χ3v) is 3.99. The van der Waals surface area contributed by atoms with Crippen LogP contribution in [0.25, 0.3) is 0 Å². The Hall–Kier alpha value is -1.93. The second-order valence-electron chi connectivity index (χ2n) is 4.00. The molecule has 1 aromatic rings. The van der Waals surface area contributed by atoms with Crippen LogP contribution in [-0.2, 0) is 19.6 Å². The third-order valence-electron chi connectivity index (χ3n) is 2.51. The Balaban J connectivity index is 2.78. The van der Waals surface area contributed by atoms with Crippen LogP contribution in [0, 0.1) is 0 Å². The zero-order valence-electron chi connectivity index (χ0n) is 10.9. The van der Waals surface area contributed by atoms with Crippen LogP contribution in [-0.4, -0.2) is 32.4 Å². The molecule has 0 saturated carbocycles. The molecule has 0 aliphatic carbocycles. The highest BCUT2D eigenvalue weighted by atomic mass is 32.2. The average Bonchev–Trinajstić information content (AvgIpc) is 2.38. The molecule has 8 heteroatoms. The van der Waals surface area contributed by atoms with Crippen molar-refractivity contribution >= 4 is 27.6 Å². The van der Waals surface area contributed by atoms with Gasteiger partial charge in [0.05, 0.1) is 5.69 Å². The lowest BCUT2D eigenvalue weighted by Crippen LogP contribution is -2.21. The first-order chi connectivity index (χ1) is 9.36. The van der Waals surface area contributed by atoms with Gasteiger partial charge in [-0.05, 0) is 25.6 Å². The van der Waals surface area contributed by atoms with E-state index in [2.05, 4.69) is 10.0 Å². The summed E-state index contributed by atoms with van der Waals surface area (Å²) in [6.45, 7) is 0. The van der Waals surface area contributed by atoms with Gasteiger partial charge in [0.1, 0.15) is 4.90 Å². The van der Waals surface area contributed by atoms with Gasteiger partial charge in [-0.15, -0.1) is 0 Å². The van der Waals surface area contributed by atoms with Crippen molar-refractivity contribution < 1.29 is 23.1 Å². The number of nitrogens with one attached hydrogen (secondary N) is 2. The Bertz CT molecular complexity index is 598. The summed E-state index contributed by atoms with van der Waals surface area (Å²) in [7, 11) is -2.39. The first-order valence-corrected chi connectivity index (χ1v) is 7.39. The molecule has 0 aromatic heterocycles. The van der Waals surface area contributed by atoms with E-state index in [1.165, 1.54) is 19.2 Å². The lowest BCUT2D eigenvalue weighted by Gasteiger charge is -2.10. The summed E-state index contributed by atoms with van der Waals surface area (Å²) in [6.07, 6.45) is 0.103. The number of carboxylic acid groups (broad SMARTS) is 1. The lowest BCUT2D eigenvalue weighted by molar-refractivity contribution is -0.137. The average molecular weight is 300 g/mol. The first-order valence-electron chi connectivity index (χ1n) is 5.91. The third kappa shape index (κ3) is 4.63. The van der Waals surface area contributed by atoms with Crippen LogP contribution >= 0.6 is 0 Å². The van der Waals surface area contributed by atoms with E-state index in [-0.39, 0.29) is 29.8 Å².